The summed E-state index contributed by atoms with van der Waals surface area (Å²) in [7, 11) is -1.41. The predicted molar refractivity (Wildman–Crippen MR) is 187 cm³/mol. The molecule has 0 aliphatic heterocycles. The Labute approximate surface area is 285 Å². The fraction of sp³-hybridized carbons (Fsp3) is 0.278. The van der Waals surface area contributed by atoms with Crippen molar-refractivity contribution in [2.24, 2.45) is 0 Å². The smallest absolute Gasteiger partial charge is 0.264 e. The Morgan fingerprint density at radius 3 is 2.13 bits per heavy atom. The number of ether oxygens (including phenoxy) is 2. The van der Waals surface area contributed by atoms with Gasteiger partial charge in [-0.25, -0.2) is 8.42 Å². The first-order valence-corrected chi connectivity index (χ1v) is 17.5. The average Bonchev–Trinajstić information content (AvgIpc) is 3.09. The van der Waals surface area contributed by atoms with Crippen LogP contribution in [-0.4, -0.2) is 58.0 Å². The Hall–Kier alpha value is -4.35. The first-order chi connectivity index (χ1) is 22.6. The lowest BCUT2D eigenvalue weighted by Crippen LogP contribution is -2.54. The van der Waals surface area contributed by atoms with E-state index in [0.29, 0.717) is 12.2 Å². The van der Waals surface area contributed by atoms with Crippen molar-refractivity contribution in [1.29, 1.82) is 0 Å². The number of methoxy groups -OCH3 is 2. The number of nitrogens with one attached hydrogen (secondary N) is 1. The van der Waals surface area contributed by atoms with Gasteiger partial charge in [-0.15, -0.1) is 0 Å². The number of anilines is 1. The highest BCUT2D eigenvalue weighted by Crippen LogP contribution is 2.36. The molecule has 0 heterocycles. The summed E-state index contributed by atoms with van der Waals surface area (Å²) >= 11 is 3.51. The summed E-state index contributed by atoms with van der Waals surface area (Å²) < 4.78 is 41.4. The minimum atomic E-state index is -4.31. The molecule has 11 heteroatoms. The number of rotatable bonds is 15. The maximum atomic E-state index is 14.7. The van der Waals surface area contributed by atoms with E-state index in [-0.39, 0.29) is 41.2 Å². The van der Waals surface area contributed by atoms with Crippen molar-refractivity contribution in [2.75, 3.05) is 25.1 Å². The molecular formula is C36H40BrN3O6S. The summed E-state index contributed by atoms with van der Waals surface area (Å²) in [6.45, 7) is 3.31. The maximum Gasteiger partial charge on any atom is 0.264 e. The second-order valence-corrected chi connectivity index (χ2v) is 13.8. The van der Waals surface area contributed by atoms with Crippen molar-refractivity contribution in [1.82, 2.24) is 10.2 Å². The van der Waals surface area contributed by atoms with Crippen LogP contribution in [-0.2, 0) is 32.6 Å². The van der Waals surface area contributed by atoms with Crippen LogP contribution in [0.3, 0.4) is 0 Å². The van der Waals surface area contributed by atoms with Gasteiger partial charge in [0.25, 0.3) is 10.0 Å². The average molecular weight is 723 g/mol. The Kier molecular flexibility index (Phi) is 12.4. The van der Waals surface area contributed by atoms with E-state index >= 15 is 0 Å². The van der Waals surface area contributed by atoms with E-state index in [1.54, 1.807) is 30.3 Å². The second kappa shape index (κ2) is 16.5. The number of halogens is 1. The summed E-state index contributed by atoms with van der Waals surface area (Å²) in [6.07, 6.45) is 0.916. The standard InChI is InChI=1S/C36H40BrN3O6S/c1-5-26(2)38-36(42)33(22-27-13-8-6-9-14-27)39(24-28-15-12-16-29(37)21-28)35(41)25-40(47(43,44)31-17-10-7-11-18-31)32-23-30(45-3)19-20-34(32)46-4/h6-21,23,26,33H,5,22,24-25H2,1-4H3,(H,38,42). The molecule has 4 rings (SSSR count). The molecule has 9 nitrogen and oxygen atoms in total. The van der Waals surface area contributed by atoms with Gasteiger partial charge in [0, 0.05) is 29.5 Å². The predicted octanol–water partition coefficient (Wildman–Crippen LogP) is 6.22. The molecule has 0 radical (unpaired) electrons. The molecule has 47 heavy (non-hydrogen) atoms. The van der Waals surface area contributed by atoms with Crippen LogP contribution < -0.4 is 19.1 Å². The lowest BCUT2D eigenvalue weighted by molar-refractivity contribution is -0.140. The van der Waals surface area contributed by atoms with E-state index in [0.717, 1.165) is 19.9 Å². The largest absolute Gasteiger partial charge is 0.497 e. The highest BCUT2D eigenvalue weighted by Gasteiger charge is 2.36. The first-order valence-electron chi connectivity index (χ1n) is 15.2. The topological polar surface area (TPSA) is 105 Å². The monoisotopic (exact) mass is 721 g/mol. The Bertz CT molecular complexity index is 1760. The van der Waals surface area contributed by atoms with Gasteiger partial charge < -0.3 is 19.7 Å². The van der Waals surface area contributed by atoms with Crippen LogP contribution in [0.15, 0.2) is 112 Å². The highest BCUT2D eigenvalue weighted by molar-refractivity contribution is 9.10. The van der Waals surface area contributed by atoms with Crippen molar-refractivity contribution in [3.8, 4) is 11.5 Å². The SMILES string of the molecule is CCC(C)NC(=O)C(Cc1ccccc1)N(Cc1cccc(Br)c1)C(=O)CN(c1cc(OC)ccc1OC)S(=O)(=O)c1ccccc1. The molecule has 0 saturated heterocycles. The third kappa shape index (κ3) is 9.14. The molecule has 2 unspecified atom stereocenters. The molecule has 0 aliphatic carbocycles. The Morgan fingerprint density at radius 2 is 1.51 bits per heavy atom. The van der Waals surface area contributed by atoms with Crippen LogP contribution in [0.5, 0.6) is 11.5 Å². The summed E-state index contributed by atoms with van der Waals surface area (Å²) in [5, 5.41) is 3.05. The quantitative estimate of drug-likeness (QED) is 0.156. The van der Waals surface area contributed by atoms with Gasteiger partial charge in [-0.3, -0.25) is 13.9 Å². The molecule has 248 valence electrons. The molecule has 0 fully saturated rings. The molecule has 0 saturated carbocycles. The van der Waals surface area contributed by atoms with E-state index in [9.17, 15) is 18.0 Å². The van der Waals surface area contributed by atoms with Crippen LogP contribution in [0.4, 0.5) is 5.69 Å². The number of sulfonamides is 1. The number of amides is 2. The zero-order valence-electron chi connectivity index (χ0n) is 26.9. The summed E-state index contributed by atoms with van der Waals surface area (Å²) in [6, 6.07) is 28.4. The van der Waals surface area contributed by atoms with E-state index in [4.69, 9.17) is 9.47 Å². The minimum Gasteiger partial charge on any atom is -0.497 e. The van der Waals surface area contributed by atoms with Gasteiger partial charge in [-0.05, 0) is 60.9 Å². The van der Waals surface area contributed by atoms with Gasteiger partial charge in [0.1, 0.15) is 24.1 Å². The van der Waals surface area contributed by atoms with E-state index in [1.807, 2.05) is 68.4 Å². The van der Waals surface area contributed by atoms with Crippen molar-refractivity contribution in [3.05, 3.63) is 119 Å². The molecule has 0 aromatic heterocycles. The lowest BCUT2D eigenvalue weighted by Gasteiger charge is -2.34. The van der Waals surface area contributed by atoms with Crippen LogP contribution in [0.1, 0.15) is 31.4 Å². The Balaban J connectivity index is 1.86. The van der Waals surface area contributed by atoms with E-state index in [1.165, 1.54) is 37.3 Å². The van der Waals surface area contributed by atoms with E-state index in [2.05, 4.69) is 21.2 Å². The maximum absolute atomic E-state index is 14.7. The second-order valence-electron chi connectivity index (χ2n) is 11.0. The molecule has 0 aliphatic rings. The van der Waals surface area contributed by atoms with Crippen molar-refractivity contribution in [2.45, 2.75) is 50.2 Å². The Morgan fingerprint density at radius 1 is 0.851 bits per heavy atom. The van der Waals surface area contributed by atoms with Crippen LogP contribution >= 0.6 is 15.9 Å². The molecule has 4 aromatic rings. The number of benzene rings is 4. The highest BCUT2D eigenvalue weighted by atomic mass is 79.9. The van der Waals surface area contributed by atoms with Crippen molar-refractivity contribution >= 4 is 43.5 Å². The molecule has 2 amide bonds. The van der Waals surface area contributed by atoms with Gasteiger partial charge in [-0.2, -0.15) is 0 Å². The molecule has 0 bridgehead atoms. The van der Waals surface area contributed by atoms with Gasteiger partial charge in [-0.1, -0.05) is 83.5 Å². The van der Waals surface area contributed by atoms with Crippen LogP contribution in [0.2, 0.25) is 0 Å². The van der Waals surface area contributed by atoms with Gasteiger partial charge in [0.2, 0.25) is 11.8 Å². The molecule has 0 spiro atoms. The first kappa shape index (κ1) is 35.5. The van der Waals surface area contributed by atoms with Crippen molar-refractivity contribution in [3.63, 3.8) is 0 Å². The molecule has 2 atom stereocenters. The third-order valence-electron chi connectivity index (χ3n) is 7.78. The number of nitrogens with zero attached hydrogens (tertiary/aromatic N) is 2. The molecular weight excluding hydrogens is 682 g/mol. The lowest BCUT2D eigenvalue weighted by atomic mass is 10.0. The van der Waals surface area contributed by atoms with Crippen LogP contribution in [0.25, 0.3) is 0 Å². The van der Waals surface area contributed by atoms with Gasteiger partial charge >= 0.3 is 0 Å². The van der Waals surface area contributed by atoms with Crippen LogP contribution in [0, 0.1) is 0 Å². The normalized spacial score (nSPS) is 12.4. The van der Waals surface area contributed by atoms with Gasteiger partial charge in [0.15, 0.2) is 0 Å². The fourth-order valence-electron chi connectivity index (χ4n) is 5.05. The van der Waals surface area contributed by atoms with Crippen molar-refractivity contribution < 1.29 is 27.5 Å². The fourth-order valence-corrected chi connectivity index (χ4v) is 6.94. The number of carbonyl (C=O) groups is 2. The summed E-state index contributed by atoms with van der Waals surface area (Å²) in [5.74, 6) is -0.299. The summed E-state index contributed by atoms with van der Waals surface area (Å²) in [5.41, 5.74) is 1.74. The zero-order valence-corrected chi connectivity index (χ0v) is 29.3. The van der Waals surface area contributed by atoms with Gasteiger partial charge in [0.05, 0.1) is 24.8 Å². The number of hydrogen-bond acceptors (Lipinski definition) is 6. The summed E-state index contributed by atoms with van der Waals surface area (Å²) in [4.78, 5) is 30.1. The molecule has 4 aromatic carbocycles. The number of carbonyl (C=O) groups excluding carboxylic acids is 2. The third-order valence-corrected chi connectivity index (χ3v) is 10.0. The van der Waals surface area contributed by atoms with E-state index < -0.39 is 28.5 Å². The number of hydrogen-bond donors (Lipinski definition) is 1. The minimum absolute atomic E-state index is 0.00781. The molecule has 1 N–H and O–H groups in total. The zero-order chi connectivity index (χ0) is 34.0.